The lowest BCUT2D eigenvalue weighted by molar-refractivity contribution is -0.145. The van der Waals surface area contributed by atoms with E-state index in [4.69, 9.17) is 0 Å². The van der Waals surface area contributed by atoms with Crippen LogP contribution < -0.4 is 5.32 Å². The zero-order valence-electron chi connectivity index (χ0n) is 15.5. The fourth-order valence-corrected chi connectivity index (χ4v) is 3.73. The number of carbonyl (C=O) groups is 2. The first-order valence-electron chi connectivity index (χ1n) is 8.99. The quantitative estimate of drug-likeness (QED) is 0.848. The Kier molecular flexibility index (Phi) is 4.86. The molecule has 4 nitrogen and oxygen atoms in total. The van der Waals surface area contributed by atoms with Gasteiger partial charge in [-0.15, -0.1) is 0 Å². The van der Waals surface area contributed by atoms with Crippen LogP contribution >= 0.6 is 0 Å². The SMILES string of the molecule is CC(C)(C)[C@H](NC(=O)CCC1c2ccccc2-c2ccccc21)C(=O)O. The Hall–Kier alpha value is -2.62. The Labute approximate surface area is 154 Å². The maximum absolute atomic E-state index is 12.4. The maximum Gasteiger partial charge on any atom is 0.326 e. The molecule has 0 spiro atoms. The molecule has 0 unspecified atom stereocenters. The number of carbonyl (C=O) groups excluding carboxylic acids is 1. The van der Waals surface area contributed by atoms with E-state index < -0.39 is 17.4 Å². The van der Waals surface area contributed by atoms with E-state index in [-0.39, 0.29) is 11.8 Å². The van der Waals surface area contributed by atoms with Crippen molar-refractivity contribution in [3.8, 4) is 11.1 Å². The smallest absolute Gasteiger partial charge is 0.326 e. The minimum Gasteiger partial charge on any atom is -0.480 e. The van der Waals surface area contributed by atoms with Crippen molar-refractivity contribution < 1.29 is 14.7 Å². The van der Waals surface area contributed by atoms with E-state index in [2.05, 4.69) is 29.6 Å². The van der Waals surface area contributed by atoms with Crippen LogP contribution in [0.2, 0.25) is 0 Å². The fraction of sp³-hybridized carbons (Fsp3) is 0.364. The van der Waals surface area contributed by atoms with Crippen LogP contribution in [-0.4, -0.2) is 23.0 Å². The molecule has 0 aromatic heterocycles. The highest BCUT2D eigenvalue weighted by molar-refractivity contribution is 5.84. The van der Waals surface area contributed by atoms with Gasteiger partial charge in [0, 0.05) is 12.3 Å². The molecule has 2 aromatic carbocycles. The van der Waals surface area contributed by atoms with E-state index in [0.717, 1.165) is 0 Å². The van der Waals surface area contributed by atoms with Crippen LogP contribution in [0.5, 0.6) is 0 Å². The van der Waals surface area contributed by atoms with Crippen molar-refractivity contribution in [2.45, 2.75) is 45.6 Å². The van der Waals surface area contributed by atoms with Crippen molar-refractivity contribution in [1.29, 1.82) is 0 Å². The summed E-state index contributed by atoms with van der Waals surface area (Å²) in [7, 11) is 0. The molecule has 1 aliphatic rings. The Morgan fingerprint density at radius 1 is 1.00 bits per heavy atom. The summed E-state index contributed by atoms with van der Waals surface area (Å²) < 4.78 is 0. The third-order valence-electron chi connectivity index (χ3n) is 5.04. The van der Waals surface area contributed by atoms with E-state index in [1.54, 1.807) is 0 Å². The number of amides is 1. The molecule has 0 saturated heterocycles. The van der Waals surface area contributed by atoms with Gasteiger partial charge in [0.1, 0.15) is 6.04 Å². The Bertz CT molecular complexity index is 790. The van der Waals surface area contributed by atoms with Gasteiger partial charge in [-0.05, 0) is 34.1 Å². The molecule has 2 N–H and O–H groups in total. The molecule has 0 fully saturated rings. The van der Waals surface area contributed by atoms with Gasteiger partial charge in [0.25, 0.3) is 0 Å². The molecule has 1 amide bonds. The first-order valence-corrected chi connectivity index (χ1v) is 8.99. The monoisotopic (exact) mass is 351 g/mol. The average Bonchev–Trinajstić information content (AvgIpc) is 2.91. The summed E-state index contributed by atoms with van der Waals surface area (Å²) in [5.41, 5.74) is 4.41. The summed E-state index contributed by atoms with van der Waals surface area (Å²) >= 11 is 0. The molecule has 0 radical (unpaired) electrons. The van der Waals surface area contributed by atoms with Crippen LogP contribution in [0, 0.1) is 5.41 Å². The lowest BCUT2D eigenvalue weighted by atomic mass is 9.86. The van der Waals surface area contributed by atoms with Gasteiger partial charge in [-0.1, -0.05) is 69.3 Å². The number of aliphatic carboxylic acids is 1. The molecule has 4 heteroatoms. The topological polar surface area (TPSA) is 66.4 Å². The number of nitrogens with one attached hydrogen (secondary N) is 1. The van der Waals surface area contributed by atoms with Gasteiger partial charge < -0.3 is 10.4 Å². The van der Waals surface area contributed by atoms with E-state index in [0.29, 0.717) is 12.8 Å². The molecule has 26 heavy (non-hydrogen) atoms. The summed E-state index contributed by atoms with van der Waals surface area (Å²) in [5, 5.41) is 12.1. The second-order valence-electron chi connectivity index (χ2n) is 7.97. The molecule has 136 valence electrons. The van der Waals surface area contributed by atoms with Gasteiger partial charge in [0.2, 0.25) is 5.91 Å². The van der Waals surface area contributed by atoms with Crippen molar-refractivity contribution in [3.05, 3.63) is 59.7 Å². The molecular weight excluding hydrogens is 326 g/mol. The van der Waals surface area contributed by atoms with E-state index in [1.807, 2.05) is 45.0 Å². The van der Waals surface area contributed by atoms with Crippen molar-refractivity contribution in [1.82, 2.24) is 5.32 Å². The predicted molar refractivity (Wildman–Crippen MR) is 102 cm³/mol. The van der Waals surface area contributed by atoms with Crippen molar-refractivity contribution in [2.24, 2.45) is 5.41 Å². The number of carboxylic acid groups (broad SMARTS) is 1. The van der Waals surface area contributed by atoms with E-state index >= 15 is 0 Å². The van der Waals surface area contributed by atoms with E-state index in [1.165, 1.54) is 22.3 Å². The number of hydrogen-bond acceptors (Lipinski definition) is 2. The lowest BCUT2D eigenvalue weighted by Gasteiger charge is -2.28. The summed E-state index contributed by atoms with van der Waals surface area (Å²) in [4.78, 5) is 23.9. The minimum absolute atomic E-state index is 0.172. The highest BCUT2D eigenvalue weighted by atomic mass is 16.4. The number of carboxylic acids is 1. The lowest BCUT2D eigenvalue weighted by Crippen LogP contribution is -2.49. The molecule has 1 aliphatic carbocycles. The highest BCUT2D eigenvalue weighted by Crippen LogP contribution is 2.46. The average molecular weight is 351 g/mol. The van der Waals surface area contributed by atoms with Crippen molar-refractivity contribution in [2.75, 3.05) is 0 Å². The van der Waals surface area contributed by atoms with Crippen LogP contribution in [0.25, 0.3) is 11.1 Å². The second kappa shape index (κ2) is 6.94. The van der Waals surface area contributed by atoms with Gasteiger partial charge in [0.05, 0.1) is 0 Å². The van der Waals surface area contributed by atoms with Crippen molar-refractivity contribution in [3.63, 3.8) is 0 Å². The minimum atomic E-state index is -0.998. The molecule has 0 bridgehead atoms. The van der Waals surface area contributed by atoms with E-state index in [9.17, 15) is 14.7 Å². The molecule has 1 atom stereocenters. The standard InChI is InChI=1S/C22H25NO3/c1-22(2,3)20(21(25)26)23-19(24)13-12-18-16-10-6-4-8-14(16)15-9-5-7-11-17(15)18/h4-11,18,20H,12-13H2,1-3H3,(H,23,24)(H,25,26)/t20-/m1/s1. The Morgan fingerprint density at radius 3 is 1.96 bits per heavy atom. The molecule has 3 rings (SSSR count). The zero-order valence-corrected chi connectivity index (χ0v) is 15.5. The Balaban J connectivity index is 1.74. The summed E-state index contributed by atoms with van der Waals surface area (Å²) in [6, 6.07) is 15.7. The normalized spacial score (nSPS) is 14.4. The van der Waals surface area contributed by atoms with Gasteiger partial charge in [-0.2, -0.15) is 0 Å². The summed E-state index contributed by atoms with van der Waals surface area (Å²) in [6.07, 6.45) is 0.962. The number of hydrogen-bond donors (Lipinski definition) is 2. The zero-order chi connectivity index (χ0) is 18.9. The highest BCUT2D eigenvalue weighted by Gasteiger charge is 2.33. The van der Waals surface area contributed by atoms with Crippen molar-refractivity contribution >= 4 is 11.9 Å². The summed E-state index contributed by atoms with van der Waals surface area (Å²) in [5.74, 6) is -1.04. The molecular formula is C22H25NO3. The number of fused-ring (bicyclic) bond motifs is 3. The summed E-state index contributed by atoms with van der Waals surface area (Å²) in [6.45, 7) is 5.45. The van der Waals surface area contributed by atoms with Gasteiger partial charge in [-0.3, -0.25) is 4.79 Å². The van der Waals surface area contributed by atoms with Crippen LogP contribution in [0.4, 0.5) is 0 Å². The molecule has 0 heterocycles. The fourth-order valence-electron chi connectivity index (χ4n) is 3.73. The number of rotatable bonds is 5. The first-order chi connectivity index (χ1) is 12.3. The Morgan fingerprint density at radius 2 is 1.50 bits per heavy atom. The third kappa shape index (κ3) is 3.50. The largest absolute Gasteiger partial charge is 0.480 e. The first kappa shape index (κ1) is 18.2. The maximum atomic E-state index is 12.4. The van der Waals surface area contributed by atoms with Crippen LogP contribution in [-0.2, 0) is 9.59 Å². The second-order valence-corrected chi connectivity index (χ2v) is 7.97. The van der Waals surface area contributed by atoms with Crippen LogP contribution in [0.1, 0.15) is 50.7 Å². The van der Waals surface area contributed by atoms with Crippen LogP contribution in [0.3, 0.4) is 0 Å². The number of benzene rings is 2. The van der Waals surface area contributed by atoms with Gasteiger partial charge in [0.15, 0.2) is 0 Å². The predicted octanol–water partition coefficient (Wildman–Crippen LogP) is 4.19. The van der Waals surface area contributed by atoms with Gasteiger partial charge in [-0.25, -0.2) is 4.79 Å². The molecule has 0 saturated carbocycles. The molecule has 2 aromatic rings. The van der Waals surface area contributed by atoms with Gasteiger partial charge >= 0.3 is 5.97 Å². The van der Waals surface area contributed by atoms with Crippen LogP contribution in [0.15, 0.2) is 48.5 Å². The third-order valence-corrected chi connectivity index (χ3v) is 5.04. The molecule has 0 aliphatic heterocycles.